The third kappa shape index (κ3) is 4.08. The van der Waals surface area contributed by atoms with Gasteiger partial charge in [-0.05, 0) is 60.7 Å². The molecule has 8 nitrogen and oxygen atoms in total. The topological polar surface area (TPSA) is 106 Å². The second-order valence-corrected chi connectivity index (χ2v) is 9.53. The first-order valence-electron chi connectivity index (χ1n) is 13.8. The first-order chi connectivity index (χ1) is 20.5. The predicted molar refractivity (Wildman–Crippen MR) is 171 cm³/mol. The van der Waals surface area contributed by atoms with Gasteiger partial charge in [0.2, 0.25) is 0 Å². The van der Waals surface area contributed by atoms with E-state index in [0.717, 1.165) is 22.4 Å². The molecule has 0 unspecified atom stereocenters. The lowest BCUT2D eigenvalue weighted by molar-refractivity contribution is 0.922. The highest BCUT2D eigenvalue weighted by Crippen LogP contribution is 2.31. The maximum absolute atomic E-state index is 13.9. The largest absolute Gasteiger partial charge is 0.397 e. The lowest BCUT2D eigenvalue weighted by Gasteiger charge is -2.13. The summed E-state index contributed by atoms with van der Waals surface area (Å²) in [6.45, 7) is 4.00. The molecule has 0 radical (unpaired) electrons. The van der Waals surface area contributed by atoms with Crippen molar-refractivity contribution >= 4 is 33.4 Å². The van der Waals surface area contributed by atoms with Gasteiger partial charge in [-0.2, -0.15) is 0 Å². The number of rotatable bonds is 4. The molecule has 0 spiro atoms. The monoisotopic (exact) mass is 554 g/mol. The number of nitrogens with zero attached hydrogens (tertiary/aromatic N) is 4. The predicted octanol–water partition coefficient (Wildman–Crippen LogP) is 6.07. The summed E-state index contributed by atoms with van der Waals surface area (Å²) in [5.41, 5.74) is 18.6. The first-order valence-corrected chi connectivity index (χ1v) is 13.8. The Kier molecular flexibility index (Phi) is 6.72. The molecule has 42 heavy (non-hydrogen) atoms. The Bertz CT molecular complexity index is 2010. The molecule has 208 valence electrons. The number of hydrogen-bond donors (Lipinski definition) is 2. The van der Waals surface area contributed by atoms with E-state index in [1.54, 1.807) is 30.4 Å². The number of para-hydroxylation sites is 6. The van der Waals surface area contributed by atoms with E-state index in [1.165, 1.54) is 0 Å². The van der Waals surface area contributed by atoms with E-state index in [1.807, 2.05) is 123 Å². The molecular weight excluding hydrogens is 524 g/mol. The summed E-state index contributed by atoms with van der Waals surface area (Å²) in [6, 6.07) is 37.3. The van der Waals surface area contributed by atoms with Gasteiger partial charge in [-0.1, -0.05) is 74.5 Å². The van der Waals surface area contributed by atoms with Crippen molar-refractivity contribution in [3.8, 4) is 22.7 Å². The highest BCUT2D eigenvalue weighted by molar-refractivity contribution is 5.86. The van der Waals surface area contributed by atoms with Gasteiger partial charge < -0.3 is 11.5 Å². The minimum atomic E-state index is -0.274. The fraction of sp³-hybridized carbons (Fsp3) is 0.0588. The first kappa shape index (κ1) is 26.5. The smallest absolute Gasteiger partial charge is 0.338 e. The molecule has 7 aromatic rings. The van der Waals surface area contributed by atoms with Crippen molar-refractivity contribution in [3.63, 3.8) is 0 Å². The van der Waals surface area contributed by atoms with E-state index < -0.39 is 0 Å². The van der Waals surface area contributed by atoms with Crippen molar-refractivity contribution in [3.05, 3.63) is 142 Å². The Morgan fingerprint density at radius 1 is 0.429 bits per heavy atom. The van der Waals surface area contributed by atoms with Crippen molar-refractivity contribution < 1.29 is 0 Å². The zero-order valence-corrected chi connectivity index (χ0v) is 23.3. The molecule has 4 N–H and O–H groups in total. The molecule has 0 saturated heterocycles. The molecule has 8 heteroatoms. The van der Waals surface area contributed by atoms with Crippen LogP contribution < -0.4 is 22.8 Å². The van der Waals surface area contributed by atoms with Gasteiger partial charge in [-0.15, -0.1) is 0 Å². The molecule has 0 aliphatic rings. The Labute approximate surface area is 241 Å². The summed E-state index contributed by atoms with van der Waals surface area (Å²) >= 11 is 0. The van der Waals surface area contributed by atoms with Gasteiger partial charge in [0.25, 0.3) is 0 Å². The Balaban J connectivity index is 0.00000155. The lowest BCUT2D eigenvalue weighted by Crippen LogP contribution is -2.24. The van der Waals surface area contributed by atoms with Gasteiger partial charge in [0, 0.05) is 0 Å². The van der Waals surface area contributed by atoms with Crippen LogP contribution in [0, 0.1) is 0 Å². The molecule has 0 fully saturated rings. The van der Waals surface area contributed by atoms with Crippen molar-refractivity contribution in [1.82, 2.24) is 18.3 Å². The molecule has 0 aliphatic heterocycles. The van der Waals surface area contributed by atoms with E-state index >= 15 is 0 Å². The van der Waals surface area contributed by atoms with Crippen molar-refractivity contribution in [2.75, 3.05) is 11.5 Å². The normalized spacial score (nSPS) is 11.0. The van der Waals surface area contributed by atoms with Crippen molar-refractivity contribution in [1.29, 1.82) is 0 Å². The maximum Gasteiger partial charge on any atom is 0.338 e. The summed E-state index contributed by atoms with van der Waals surface area (Å²) < 4.78 is 6.43. The van der Waals surface area contributed by atoms with Gasteiger partial charge in [0.1, 0.15) is 0 Å². The van der Waals surface area contributed by atoms with Gasteiger partial charge in [-0.3, -0.25) is 18.3 Å². The molecule has 0 bridgehead atoms. The lowest BCUT2D eigenvalue weighted by atomic mass is 10.2. The van der Waals surface area contributed by atoms with Crippen molar-refractivity contribution in [2.45, 2.75) is 13.8 Å². The molecule has 2 heterocycles. The Morgan fingerprint density at radius 2 is 0.714 bits per heavy atom. The number of imidazole rings is 2. The highest BCUT2D eigenvalue weighted by Gasteiger charge is 2.21. The average Bonchev–Trinajstić information content (AvgIpc) is 3.49. The molecule has 0 saturated carbocycles. The zero-order valence-electron chi connectivity index (χ0n) is 23.3. The van der Waals surface area contributed by atoms with E-state index in [4.69, 9.17) is 11.5 Å². The minimum absolute atomic E-state index is 0.274. The second kappa shape index (κ2) is 10.7. The van der Waals surface area contributed by atoms with Gasteiger partial charge in [-0.25, -0.2) is 9.59 Å². The van der Waals surface area contributed by atoms with Crippen LogP contribution in [0.4, 0.5) is 11.4 Å². The average molecular weight is 555 g/mol. The third-order valence-electron chi connectivity index (χ3n) is 7.18. The molecule has 7 rings (SSSR count). The molecule has 0 atom stereocenters. The zero-order chi connectivity index (χ0) is 29.4. The minimum Gasteiger partial charge on any atom is -0.397 e. The summed E-state index contributed by atoms with van der Waals surface area (Å²) in [6.07, 6.45) is 0. The number of nitrogen functional groups attached to an aromatic ring is 2. The summed E-state index contributed by atoms with van der Waals surface area (Å²) in [5, 5.41) is 0. The molecule has 2 aromatic heterocycles. The van der Waals surface area contributed by atoms with Crippen LogP contribution in [0.15, 0.2) is 131 Å². The van der Waals surface area contributed by atoms with Crippen LogP contribution in [0.25, 0.3) is 44.8 Å². The number of fused-ring (bicyclic) bond motifs is 2. The van der Waals surface area contributed by atoms with E-state index in [9.17, 15) is 9.59 Å². The van der Waals surface area contributed by atoms with Crippen LogP contribution in [-0.4, -0.2) is 18.3 Å². The summed E-state index contributed by atoms with van der Waals surface area (Å²) in [7, 11) is 0. The number of aromatic nitrogens is 4. The van der Waals surface area contributed by atoms with Crippen LogP contribution in [-0.2, 0) is 0 Å². The van der Waals surface area contributed by atoms with Crippen LogP contribution in [0.1, 0.15) is 13.8 Å². The standard InChI is InChI=1S/C32H24N6O2.C2H6/c33-23-20-30(38-28-18-10-8-16-26(28)36(32(38)40)22-13-5-2-6-14-22)24(34)19-29(23)37-27-17-9-7-15-25(27)35(31(37)39)21-11-3-1-4-12-21;1-2/h1-20H,33-34H2;1-2H3. The Hall–Kier alpha value is -5.76. The van der Waals surface area contributed by atoms with Crippen molar-refractivity contribution in [2.24, 2.45) is 0 Å². The molecule has 0 aliphatic carbocycles. The summed E-state index contributed by atoms with van der Waals surface area (Å²) in [5.74, 6) is 0. The number of anilines is 2. The van der Waals surface area contributed by atoms with Gasteiger partial charge >= 0.3 is 11.4 Å². The van der Waals surface area contributed by atoms with Crippen LogP contribution in [0.2, 0.25) is 0 Å². The fourth-order valence-electron chi connectivity index (χ4n) is 5.41. The van der Waals surface area contributed by atoms with Crippen LogP contribution in [0.3, 0.4) is 0 Å². The van der Waals surface area contributed by atoms with E-state index in [0.29, 0.717) is 33.8 Å². The van der Waals surface area contributed by atoms with Crippen LogP contribution in [0.5, 0.6) is 0 Å². The number of hydrogen-bond acceptors (Lipinski definition) is 4. The maximum atomic E-state index is 13.9. The molecular formula is C34H30N6O2. The van der Waals surface area contributed by atoms with E-state index in [-0.39, 0.29) is 11.4 Å². The fourth-order valence-corrected chi connectivity index (χ4v) is 5.41. The second-order valence-electron chi connectivity index (χ2n) is 9.53. The molecule has 5 aromatic carbocycles. The molecule has 0 amide bonds. The van der Waals surface area contributed by atoms with Gasteiger partial charge in [0.05, 0.1) is 56.2 Å². The van der Waals surface area contributed by atoms with Gasteiger partial charge in [0.15, 0.2) is 0 Å². The summed E-state index contributed by atoms with van der Waals surface area (Å²) in [4.78, 5) is 27.7. The number of nitrogens with two attached hydrogens (primary N) is 2. The Morgan fingerprint density at radius 3 is 1.05 bits per heavy atom. The van der Waals surface area contributed by atoms with E-state index in [2.05, 4.69) is 0 Å². The third-order valence-corrected chi connectivity index (χ3v) is 7.18. The highest BCUT2D eigenvalue weighted by atomic mass is 16.2. The number of benzene rings is 5. The van der Waals surface area contributed by atoms with Crippen LogP contribution >= 0.6 is 0 Å². The SMILES string of the molecule is CC.Nc1cc(-n2c(=O)n(-c3ccccc3)c3ccccc32)c(N)cc1-n1c(=O)n(-c2ccccc2)c2ccccc21. The quantitative estimate of drug-likeness (QED) is 0.258.